The van der Waals surface area contributed by atoms with Gasteiger partial charge in [0.15, 0.2) is 5.82 Å². The van der Waals surface area contributed by atoms with E-state index in [-0.39, 0.29) is 14.3 Å². The summed E-state index contributed by atoms with van der Waals surface area (Å²) in [6.07, 6.45) is 0.984. The molecule has 0 unspecified atom stereocenters. The van der Waals surface area contributed by atoms with Crippen LogP contribution >= 0.6 is 28.3 Å². The Morgan fingerprint density at radius 3 is 1.64 bits per heavy atom. The summed E-state index contributed by atoms with van der Waals surface area (Å²) in [7, 11) is 0.104. The Morgan fingerprint density at radius 2 is 1.24 bits per heavy atom. The quantitative estimate of drug-likeness (QED) is 0.0873. The number of benzene rings is 2. The van der Waals surface area contributed by atoms with Crippen molar-refractivity contribution in [3.05, 3.63) is 94.3 Å². The molecule has 0 aliphatic heterocycles. The average Bonchev–Trinajstić information content (AvgIpc) is 3.01. The Bertz CT molecular complexity index is 899. The Hall–Kier alpha value is -0.504. The van der Waals surface area contributed by atoms with E-state index in [2.05, 4.69) is 56.2 Å². The van der Waals surface area contributed by atoms with Gasteiger partial charge in [0.25, 0.3) is 0 Å². The summed E-state index contributed by atoms with van der Waals surface area (Å²) in [5, 5.41) is 1.48. The molecule has 2 aromatic carbocycles. The molecule has 0 heterocycles. The zero-order valence-electron chi connectivity index (χ0n) is 19.2. The van der Waals surface area contributed by atoms with Crippen molar-refractivity contribution in [2.75, 3.05) is 13.3 Å². The fourth-order valence-electron chi connectivity index (χ4n) is 3.41. The normalized spacial score (nSPS) is 15.8. The van der Waals surface area contributed by atoms with E-state index in [0.717, 1.165) is 23.7 Å². The van der Waals surface area contributed by atoms with Crippen LogP contribution in [-0.4, -0.2) is 19.6 Å². The van der Waals surface area contributed by atoms with Crippen molar-refractivity contribution < 1.29 is 34.9 Å². The molecule has 0 bridgehead atoms. The van der Waals surface area contributed by atoms with Crippen LogP contribution in [0, 0.1) is 52.9 Å². The molecule has 0 N–H and O–H groups in total. The van der Waals surface area contributed by atoms with Gasteiger partial charge in [0.2, 0.25) is 0 Å². The number of rotatable bonds is 4. The third kappa shape index (κ3) is 7.25. The van der Waals surface area contributed by atoms with Crippen LogP contribution in [0.25, 0.3) is 0 Å². The zero-order valence-corrected chi connectivity index (χ0v) is 23.3. The molecule has 0 aromatic heterocycles. The van der Waals surface area contributed by atoms with Gasteiger partial charge in [-0.1, -0.05) is 72.4 Å². The molecule has 3 rings (SSSR count). The van der Waals surface area contributed by atoms with Crippen molar-refractivity contribution in [2.24, 2.45) is 0 Å². The first-order chi connectivity index (χ1) is 15.5. The van der Waals surface area contributed by atoms with E-state index in [4.69, 9.17) is 0 Å². The van der Waals surface area contributed by atoms with Gasteiger partial charge in [-0.25, -0.2) is 13.2 Å². The van der Waals surface area contributed by atoms with E-state index < -0.39 is 34.4 Å². The van der Waals surface area contributed by atoms with Crippen LogP contribution in [0.2, 0.25) is 0 Å². The summed E-state index contributed by atoms with van der Waals surface area (Å²) in [5.41, 5.74) is -1.41. The summed E-state index contributed by atoms with van der Waals surface area (Å²) in [5.74, 6) is -2.79. The average molecular weight is 634 g/mol. The summed E-state index contributed by atoms with van der Waals surface area (Å²) >= 11 is 5.37. The Morgan fingerprint density at radius 1 is 0.788 bits per heavy atom. The molecule has 8 heteroatoms. The molecule has 1 fully saturated rings. The number of hydrogen-bond acceptors (Lipinski definition) is 1. The van der Waals surface area contributed by atoms with Gasteiger partial charge in [-0.3, -0.25) is 4.39 Å². The van der Waals surface area contributed by atoms with E-state index >= 15 is 0 Å². The number of hydrogen-bond donors (Lipinski definition) is 0. The van der Waals surface area contributed by atoms with E-state index in [9.17, 15) is 22.4 Å². The Labute approximate surface area is 215 Å². The molecule has 5 radical (unpaired) electrons. The fraction of sp³-hybridized carbons (Fsp3) is 0.280. The molecule has 0 atom stereocenters. The van der Waals surface area contributed by atoms with Gasteiger partial charge in [0, 0.05) is 0 Å². The topological polar surface area (TPSA) is 17.1 Å². The number of halogens is 5. The van der Waals surface area contributed by atoms with Gasteiger partial charge >= 0.3 is 32.9 Å². The molecule has 179 valence electrons. The summed E-state index contributed by atoms with van der Waals surface area (Å²) in [4.78, 5) is 10.9. The molecule has 0 spiro atoms. The van der Waals surface area contributed by atoms with Crippen LogP contribution in [0.1, 0.15) is 38.8 Å². The maximum absolute atomic E-state index is 14.0. The minimum absolute atomic E-state index is 0.104. The standard InChI is InChI=1S/C17H14F4O.C8H11P.Co.HI/c1-7-8(2)10(4)11(9(7)3)5-12-13(6-22)15(19)17(21)16(20)14(12)18;1-9(2)8-6-4-3-5-7-8;;/h5H2,1-4H3;3-7H,1-2H3;;1H/q-1;;+3;/p-1. The fourth-order valence-corrected chi connectivity index (χ4v) is 4.18. The second-order valence-electron chi connectivity index (χ2n) is 7.60. The van der Waals surface area contributed by atoms with E-state index in [1.807, 2.05) is 48.1 Å². The first-order valence-electron chi connectivity index (χ1n) is 9.82. The molecule has 1 saturated carbocycles. The molecule has 1 aliphatic rings. The molecule has 2 aromatic rings. The van der Waals surface area contributed by atoms with Crippen LogP contribution < -0.4 is 5.30 Å². The third-order valence-electron chi connectivity index (χ3n) is 5.69. The number of carbonyl (C=O) groups excluding carboxylic acids is 1. The van der Waals surface area contributed by atoms with Gasteiger partial charge in [-0.15, -0.1) is 11.1 Å². The minimum atomic E-state index is -2.00. The predicted octanol–water partition coefficient (Wildman–Crippen LogP) is 7.15. The monoisotopic (exact) mass is 634 g/mol. The molecule has 33 heavy (non-hydrogen) atoms. The second-order valence-corrected chi connectivity index (χ2v) is 9.90. The summed E-state index contributed by atoms with van der Waals surface area (Å²) in [6, 6.07) is 10.6. The third-order valence-corrected chi connectivity index (χ3v) is 7.02. The van der Waals surface area contributed by atoms with Crippen LogP contribution in [-0.2, 0) is 23.7 Å². The van der Waals surface area contributed by atoms with Crippen LogP contribution in [0.4, 0.5) is 17.6 Å². The maximum atomic E-state index is 14.0. The van der Waals surface area contributed by atoms with E-state index in [1.54, 1.807) is 0 Å². The predicted molar refractivity (Wildman–Crippen MR) is 133 cm³/mol. The molecular weight excluding hydrogens is 609 g/mol. The van der Waals surface area contributed by atoms with Crippen molar-refractivity contribution in [2.45, 2.75) is 34.1 Å². The Balaban J connectivity index is 0.000000412. The van der Waals surface area contributed by atoms with Crippen molar-refractivity contribution >= 4 is 39.9 Å². The van der Waals surface area contributed by atoms with Crippen molar-refractivity contribution in [3.8, 4) is 0 Å². The second kappa shape index (κ2) is 14.2. The van der Waals surface area contributed by atoms with Gasteiger partial charge in [-0.2, -0.15) is 0 Å². The van der Waals surface area contributed by atoms with Gasteiger partial charge in [0.05, 0.1) is 12.1 Å². The summed E-state index contributed by atoms with van der Waals surface area (Å²) in [6.45, 7) is 11.9. The summed E-state index contributed by atoms with van der Waals surface area (Å²) < 4.78 is 54.3. The molecule has 0 amide bonds. The molecule has 1 aliphatic carbocycles. The van der Waals surface area contributed by atoms with Crippen LogP contribution in [0.5, 0.6) is 0 Å². The van der Waals surface area contributed by atoms with Crippen LogP contribution in [0.3, 0.4) is 0 Å². The molecular formula is C25H25CoF4IOP+. The molecule has 0 saturated heterocycles. The SMILES string of the molecule is CP(C)c1ccccc1.C[C]1[C](C)[C](C)[C](Cc2c(F)c(F)c(F)c(F)c2[C-]=O)[C]1C.[Co+2][I]. The van der Waals surface area contributed by atoms with Gasteiger partial charge < -0.3 is 4.79 Å². The first-order valence-corrected chi connectivity index (χ1v) is 15.4. The van der Waals surface area contributed by atoms with Gasteiger partial charge in [-0.05, 0) is 48.2 Å². The van der Waals surface area contributed by atoms with Crippen molar-refractivity contribution in [1.29, 1.82) is 0 Å². The van der Waals surface area contributed by atoms with Crippen molar-refractivity contribution in [3.63, 3.8) is 0 Å². The zero-order chi connectivity index (χ0) is 25.5. The Kier molecular flexibility index (Phi) is 13.1. The van der Waals surface area contributed by atoms with Crippen molar-refractivity contribution in [1.82, 2.24) is 0 Å². The van der Waals surface area contributed by atoms with E-state index in [0.29, 0.717) is 5.92 Å². The van der Waals surface area contributed by atoms with E-state index in [1.165, 1.54) is 11.6 Å². The molecule has 1 nitrogen and oxygen atoms in total. The first kappa shape index (κ1) is 30.5. The van der Waals surface area contributed by atoms with Crippen LogP contribution in [0.15, 0.2) is 30.3 Å². The van der Waals surface area contributed by atoms with Gasteiger partial charge in [0.1, 0.15) is 11.6 Å².